The van der Waals surface area contributed by atoms with Crippen molar-refractivity contribution in [1.82, 2.24) is 4.90 Å². The maximum atomic E-state index is 13.2. The van der Waals surface area contributed by atoms with Gasteiger partial charge in [-0.25, -0.2) is 4.39 Å². The summed E-state index contributed by atoms with van der Waals surface area (Å²) in [6.45, 7) is 2.69. The third-order valence-corrected chi connectivity index (χ3v) is 3.82. The first-order valence-corrected chi connectivity index (χ1v) is 6.61. The summed E-state index contributed by atoms with van der Waals surface area (Å²) in [4.78, 5) is 13.6. The zero-order valence-corrected chi connectivity index (χ0v) is 11.5. The van der Waals surface area contributed by atoms with Gasteiger partial charge in [0.15, 0.2) is 0 Å². The van der Waals surface area contributed by atoms with Crippen molar-refractivity contribution in [3.05, 3.63) is 35.1 Å². The van der Waals surface area contributed by atoms with Crippen molar-refractivity contribution in [3.63, 3.8) is 0 Å². The summed E-state index contributed by atoms with van der Waals surface area (Å²) in [6.07, 6.45) is -4.13. The monoisotopic (exact) mass is 304 g/mol. The van der Waals surface area contributed by atoms with Crippen molar-refractivity contribution >= 4 is 5.91 Å². The standard InChI is InChI=1S/C14H16F4N2O/c1-8-4-5-20(7-12(8)19)13(21)9-2-3-11(15)10(6-9)14(16,17)18/h2-3,6,8,12H,4-5,7,19H2,1H3. The van der Waals surface area contributed by atoms with Gasteiger partial charge in [0.25, 0.3) is 5.91 Å². The van der Waals surface area contributed by atoms with Gasteiger partial charge in [-0.2, -0.15) is 13.2 Å². The first-order chi connectivity index (χ1) is 9.70. The predicted molar refractivity (Wildman–Crippen MR) is 69.1 cm³/mol. The van der Waals surface area contributed by atoms with Crippen molar-refractivity contribution in [2.24, 2.45) is 11.7 Å². The number of nitrogens with two attached hydrogens (primary N) is 1. The van der Waals surface area contributed by atoms with Crippen LogP contribution in [-0.4, -0.2) is 29.9 Å². The molecule has 1 fully saturated rings. The second-order valence-corrected chi connectivity index (χ2v) is 5.37. The third kappa shape index (κ3) is 3.34. The minimum atomic E-state index is -4.83. The Bertz CT molecular complexity index is 544. The van der Waals surface area contributed by atoms with Crippen LogP contribution in [0.3, 0.4) is 0 Å². The van der Waals surface area contributed by atoms with Gasteiger partial charge in [0.1, 0.15) is 5.82 Å². The van der Waals surface area contributed by atoms with Crippen LogP contribution >= 0.6 is 0 Å². The van der Waals surface area contributed by atoms with E-state index in [9.17, 15) is 22.4 Å². The molecule has 0 aromatic heterocycles. The number of hydrogen-bond donors (Lipinski definition) is 1. The zero-order chi connectivity index (χ0) is 15.8. The maximum absolute atomic E-state index is 13.2. The van der Waals surface area contributed by atoms with Crippen LogP contribution in [0.5, 0.6) is 0 Å². The molecule has 2 atom stereocenters. The molecule has 1 heterocycles. The van der Waals surface area contributed by atoms with Gasteiger partial charge in [-0.3, -0.25) is 4.79 Å². The summed E-state index contributed by atoms with van der Waals surface area (Å²) in [6, 6.07) is 2.09. The fourth-order valence-electron chi connectivity index (χ4n) is 2.34. The summed E-state index contributed by atoms with van der Waals surface area (Å²) in [5.41, 5.74) is 4.27. The molecule has 21 heavy (non-hydrogen) atoms. The molecule has 2 unspecified atom stereocenters. The van der Waals surface area contributed by atoms with E-state index >= 15 is 0 Å². The Balaban J connectivity index is 2.24. The Kier molecular flexibility index (Phi) is 4.22. The molecule has 1 aromatic rings. The first-order valence-electron chi connectivity index (χ1n) is 6.61. The smallest absolute Gasteiger partial charge is 0.337 e. The lowest BCUT2D eigenvalue weighted by Gasteiger charge is -2.35. The quantitative estimate of drug-likeness (QED) is 0.811. The highest BCUT2D eigenvalue weighted by molar-refractivity contribution is 5.94. The lowest BCUT2D eigenvalue weighted by atomic mass is 9.94. The van der Waals surface area contributed by atoms with E-state index < -0.39 is 23.5 Å². The number of likely N-dealkylation sites (tertiary alicyclic amines) is 1. The second-order valence-electron chi connectivity index (χ2n) is 5.37. The number of nitrogens with zero attached hydrogens (tertiary/aromatic N) is 1. The molecule has 1 aliphatic heterocycles. The van der Waals surface area contributed by atoms with E-state index in [2.05, 4.69) is 0 Å². The van der Waals surface area contributed by atoms with Gasteiger partial charge in [0.2, 0.25) is 0 Å². The molecular weight excluding hydrogens is 288 g/mol. The summed E-state index contributed by atoms with van der Waals surface area (Å²) in [7, 11) is 0. The van der Waals surface area contributed by atoms with Crippen LogP contribution in [0.2, 0.25) is 0 Å². The van der Waals surface area contributed by atoms with Gasteiger partial charge in [-0.05, 0) is 30.5 Å². The molecule has 3 nitrogen and oxygen atoms in total. The molecule has 1 aliphatic rings. The molecular formula is C14H16F4N2O. The third-order valence-electron chi connectivity index (χ3n) is 3.82. The summed E-state index contributed by atoms with van der Waals surface area (Å²) in [5.74, 6) is -1.68. The molecule has 0 radical (unpaired) electrons. The summed E-state index contributed by atoms with van der Waals surface area (Å²) < 4.78 is 51.2. The SMILES string of the molecule is CC1CCN(C(=O)c2ccc(F)c(C(F)(F)F)c2)CC1N. The van der Waals surface area contributed by atoms with E-state index in [1.807, 2.05) is 6.92 Å². The Morgan fingerprint density at radius 3 is 2.62 bits per heavy atom. The summed E-state index contributed by atoms with van der Waals surface area (Å²) in [5, 5.41) is 0. The maximum Gasteiger partial charge on any atom is 0.419 e. The topological polar surface area (TPSA) is 46.3 Å². The van der Waals surface area contributed by atoms with Gasteiger partial charge in [0, 0.05) is 24.7 Å². The molecule has 116 valence electrons. The van der Waals surface area contributed by atoms with Crippen molar-refractivity contribution in [2.45, 2.75) is 25.6 Å². The van der Waals surface area contributed by atoms with E-state index in [-0.39, 0.29) is 17.5 Å². The largest absolute Gasteiger partial charge is 0.419 e. The molecule has 2 rings (SSSR count). The number of halogens is 4. The fourth-order valence-corrected chi connectivity index (χ4v) is 2.34. The fraction of sp³-hybridized carbons (Fsp3) is 0.500. The highest BCUT2D eigenvalue weighted by Crippen LogP contribution is 2.32. The number of hydrogen-bond acceptors (Lipinski definition) is 2. The minimum absolute atomic E-state index is 0.175. The Hall–Kier alpha value is -1.63. The lowest BCUT2D eigenvalue weighted by molar-refractivity contribution is -0.140. The van der Waals surface area contributed by atoms with E-state index in [0.717, 1.165) is 6.07 Å². The zero-order valence-electron chi connectivity index (χ0n) is 11.5. The van der Waals surface area contributed by atoms with Crippen LogP contribution in [-0.2, 0) is 6.18 Å². The second kappa shape index (κ2) is 5.63. The van der Waals surface area contributed by atoms with Crippen molar-refractivity contribution in [2.75, 3.05) is 13.1 Å². The highest BCUT2D eigenvalue weighted by atomic mass is 19.4. The van der Waals surface area contributed by atoms with E-state index in [1.54, 1.807) is 0 Å². The van der Waals surface area contributed by atoms with Gasteiger partial charge in [-0.15, -0.1) is 0 Å². The van der Waals surface area contributed by atoms with Crippen LogP contribution in [0.25, 0.3) is 0 Å². The van der Waals surface area contributed by atoms with Crippen molar-refractivity contribution in [1.29, 1.82) is 0 Å². The van der Waals surface area contributed by atoms with Gasteiger partial charge >= 0.3 is 6.18 Å². The predicted octanol–water partition coefficient (Wildman–Crippen LogP) is 2.65. The van der Waals surface area contributed by atoms with E-state index in [0.29, 0.717) is 31.6 Å². The Labute approximate surface area is 119 Å². The lowest BCUT2D eigenvalue weighted by Crippen LogP contribution is -2.49. The van der Waals surface area contributed by atoms with Crippen LogP contribution in [0.1, 0.15) is 29.3 Å². The van der Waals surface area contributed by atoms with Crippen LogP contribution < -0.4 is 5.73 Å². The van der Waals surface area contributed by atoms with Crippen LogP contribution in [0.4, 0.5) is 17.6 Å². The number of benzene rings is 1. The van der Waals surface area contributed by atoms with Crippen LogP contribution in [0.15, 0.2) is 18.2 Å². The molecule has 2 N–H and O–H groups in total. The Morgan fingerprint density at radius 1 is 1.38 bits per heavy atom. The molecule has 0 bridgehead atoms. The number of amides is 1. The number of carbonyl (C=O) groups is 1. The van der Waals surface area contributed by atoms with Gasteiger partial charge in [0.05, 0.1) is 5.56 Å². The number of carbonyl (C=O) groups excluding carboxylic acids is 1. The van der Waals surface area contributed by atoms with Gasteiger partial charge in [-0.1, -0.05) is 6.92 Å². The van der Waals surface area contributed by atoms with Gasteiger partial charge < -0.3 is 10.6 Å². The minimum Gasteiger partial charge on any atom is -0.337 e. The Morgan fingerprint density at radius 2 is 2.05 bits per heavy atom. The number of piperidine rings is 1. The normalized spacial score (nSPS) is 23.2. The number of rotatable bonds is 1. The molecule has 0 saturated carbocycles. The van der Waals surface area contributed by atoms with E-state index in [1.165, 1.54) is 4.90 Å². The molecule has 1 saturated heterocycles. The molecule has 0 spiro atoms. The molecule has 7 heteroatoms. The van der Waals surface area contributed by atoms with E-state index in [4.69, 9.17) is 5.73 Å². The number of alkyl halides is 3. The van der Waals surface area contributed by atoms with Crippen molar-refractivity contribution in [3.8, 4) is 0 Å². The molecule has 0 aliphatic carbocycles. The average molecular weight is 304 g/mol. The first kappa shape index (κ1) is 15.8. The molecule has 1 amide bonds. The highest BCUT2D eigenvalue weighted by Gasteiger charge is 2.35. The summed E-state index contributed by atoms with van der Waals surface area (Å²) >= 11 is 0. The van der Waals surface area contributed by atoms with Crippen molar-refractivity contribution < 1.29 is 22.4 Å². The van der Waals surface area contributed by atoms with Crippen LogP contribution in [0, 0.1) is 11.7 Å². The molecule has 1 aromatic carbocycles. The average Bonchev–Trinajstić information content (AvgIpc) is 2.40.